The summed E-state index contributed by atoms with van der Waals surface area (Å²) in [6, 6.07) is 6.65. The van der Waals surface area contributed by atoms with Gasteiger partial charge in [0.05, 0.1) is 0 Å². The van der Waals surface area contributed by atoms with Gasteiger partial charge in [0.25, 0.3) is 0 Å². The summed E-state index contributed by atoms with van der Waals surface area (Å²) in [7, 11) is 0. The van der Waals surface area contributed by atoms with E-state index in [1.807, 2.05) is 0 Å². The lowest BCUT2D eigenvalue weighted by atomic mass is 10.1. The Morgan fingerprint density at radius 1 is 1.28 bits per heavy atom. The minimum absolute atomic E-state index is 0.839. The molecule has 1 aliphatic rings. The highest BCUT2D eigenvalue weighted by atomic mass is 14.9. The molecule has 0 aliphatic carbocycles. The predicted octanol–water partition coefficient (Wildman–Crippen LogP) is 3.57. The van der Waals surface area contributed by atoms with Gasteiger partial charge in [0.1, 0.15) is 0 Å². The van der Waals surface area contributed by atoms with E-state index in [1.165, 1.54) is 42.5 Å². The number of para-hydroxylation sites is 1. The van der Waals surface area contributed by atoms with Gasteiger partial charge in [-0.1, -0.05) is 44.9 Å². The Kier molecular flexibility index (Phi) is 5.06. The molecule has 1 heterocycles. The van der Waals surface area contributed by atoms with Gasteiger partial charge in [0.2, 0.25) is 0 Å². The SMILES string of the molecule is CC(C)CCCCNCc1cccc2c1NCC2. The van der Waals surface area contributed by atoms with Gasteiger partial charge in [-0.2, -0.15) is 0 Å². The maximum absolute atomic E-state index is 3.57. The van der Waals surface area contributed by atoms with Gasteiger partial charge < -0.3 is 10.6 Å². The molecule has 0 fully saturated rings. The summed E-state index contributed by atoms with van der Waals surface area (Å²) in [5, 5.41) is 7.06. The summed E-state index contributed by atoms with van der Waals surface area (Å²) < 4.78 is 0. The summed E-state index contributed by atoms with van der Waals surface area (Å²) in [6.07, 6.45) is 5.16. The molecule has 0 amide bonds. The van der Waals surface area contributed by atoms with Gasteiger partial charge in [-0.05, 0) is 36.4 Å². The van der Waals surface area contributed by atoms with Crippen LogP contribution in [0, 0.1) is 5.92 Å². The molecular weight excluding hydrogens is 220 g/mol. The largest absolute Gasteiger partial charge is 0.384 e. The van der Waals surface area contributed by atoms with Crippen LogP contribution in [0.2, 0.25) is 0 Å². The van der Waals surface area contributed by atoms with Crippen molar-refractivity contribution in [3.05, 3.63) is 29.3 Å². The van der Waals surface area contributed by atoms with Gasteiger partial charge in [-0.15, -0.1) is 0 Å². The minimum atomic E-state index is 0.839. The molecule has 1 aromatic rings. The van der Waals surface area contributed by atoms with E-state index >= 15 is 0 Å². The molecule has 0 aromatic heterocycles. The summed E-state index contributed by atoms with van der Waals surface area (Å²) in [6.45, 7) is 7.83. The fourth-order valence-corrected chi connectivity index (χ4v) is 2.58. The van der Waals surface area contributed by atoms with Crippen molar-refractivity contribution in [1.82, 2.24) is 5.32 Å². The number of unbranched alkanes of at least 4 members (excludes halogenated alkanes) is 1. The number of hydrogen-bond donors (Lipinski definition) is 2. The molecule has 0 saturated carbocycles. The highest BCUT2D eigenvalue weighted by Gasteiger charge is 2.12. The lowest BCUT2D eigenvalue weighted by Crippen LogP contribution is -2.15. The van der Waals surface area contributed by atoms with Crippen LogP contribution < -0.4 is 10.6 Å². The summed E-state index contributed by atoms with van der Waals surface area (Å²) >= 11 is 0. The molecule has 18 heavy (non-hydrogen) atoms. The van der Waals surface area contributed by atoms with Crippen LogP contribution in [0.15, 0.2) is 18.2 Å². The van der Waals surface area contributed by atoms with Gasteiger partial charge in [-0.3, -0.25) is 0 Å². The summed E-state index contributed by atoms with van der Waals surface area (Å²) in [5.41, 5.74) is 4.29. The first kappa shape index (κ1) is 13.4. The molecular formula is C16H26N2. The Labute approximate surface area is 111 Å². The van der Waals surface area contributed by atoms with E-state index in [-0.39, 0.29) is 0 Å². The predicted molar refractivity (Wildman–Crippen MR) is 79.0 cm³/mol. The zero-order valence-corrected chi connectivity index (χ0v) is 11.8. The van der Waals surface area contributed by atoms with E-state index in [0.717, 1.165) is 25.6 Å². The molecule has 0 saturated heterocycles. The third-order valence-electron chi connectivity index (χ3n) is 3.63. The van der Waals surface area contributed by atoms with Crippen molar-refractivity contribution in [2.24, 2.45) is 5.92 Å². The Hall–Kier alpha value is -1.02. The normalized spacial score (nSPS) is 13.7. The highest BCUT2D eigenvalue weighted by molar-refractivity contribution is 5.61. The lowest BCUT2D eigenvalue weighted by Gasteiger charge is -2.10. The Balaban J connectivity index is 1.70. The average molecular weight is 246 g/mol. The van der Waals surface area contributed by atoms with Crippen LogP contribution in [0.25, 0.3) is 0 Å². The van der Waals surface area contributed by atoms with E-state index < -0.39 is 0 Å². The molecule has 0 unspecified atom stereocenters. The van der Waals surface area contributed by atoms with Crippen molar-refractivity contribution >= 4 is 5.69 Å². The summed E-state index contributed by atoms with van der Waals surface area (Å²) in [5.74, 6) is 0.839. The maximum Gasteiger partial charge on any atom is 0.0419 e. The van der Waals surface area contributed by atoms with Crippen molar-refractivity contribution in [1.29, 1.82) is 0 Å². The zero-order valence-electron chi connectivity index (χ0n) is 11.8. The van der Waals surface area contributed by atoms with Crippen LogP contribution in [-0.2, 0) is 13.0 Å². The van der Waals surface area contributed by atoms with Crippen molar-refractivity contribution in [2.45, 2.75) is 46.1 Å². The molecule has 2 rings (SSSR count). The van der Waals surface area contributed by atoms with Gasteiger partial charge in [0, 0.05) is 18.8 Å². The Morgan fingerprint density at radius 2 is 2.17 bits per heavy atom. The monoisotopic (exact) mass is 246 g/mol. The molecule has 0 spiro atoms. The van der Waals surface area contributed by atoms with Crippen LogP contribution in [-0.4, -0.2) is 13.1 Å². The van der Waals surface area contributed by atoms with E-state index in [0.29, 0.717) is 0 Å². The molecule has 2 nitrogen and oxygen atoms in total. The first-order chi connectivity index (χ1) is 8.77. The van der Waals surface area contributed by atoms with Crippen LogP contribution in [0.4, 0.5) is 5.69 Å². The number of nitrogens with one attached hydrogen (secondary N) is 2. The molecule has 2 heteroatoms. The van der Waals surface area contributed by atoms with Crippen LogP contribution >= 0.6 is 0 Å². The topological polar surface area (TPSA) is 24.1 Å². The molecule has 0 bridgehead atoms. The fourth-order valence-electron chi connectivity index (χ4n) is 2.58. The minimum Gasteiger partial charge on any atom is -0.384 e. The molecule has 0 radical (unpaired) electrons. The molecule has 100 valence electrons. The number of fused-ring (bicyclic) bond motifs is 1. The van der Waals surface area contributed by atoms with Crippen LogP contribution in [0.1, 0.15) is 44.2 Å². The first-order valence-corrected chi connectivity index (χ1v) is 7.32. The number of hydrogen-bond acceptors (Lipinski definition) is 2. The Bertz CT molecular complexity index is 371. The third-order valence-corrected chi connectivity index (χ3v) is 3.63. The lowest BCUT2D eigenvalue weighted by molar-refractivity contribution is 0.521. The molecule has 1 aliphatic heterocycles. The number of anilines is 1. The van der Waals surface area contributed by atoms with Crippen molar-refractivity contribution < 1.29 is 0 Å². The zero-order chi connectivity index (χ0) is 12.8. The van der Waals surface area contributed by atoms with Gasteiger partial charge in [-0.25, -0.2) is 0 Å². The second kappa shape index (κ2) is 6.79. The number of benzene rings is 1. The maximum atomic E-state index is 3.57. The van der Waals surface area contributed by atoms with E-state index in [1.54, 1.807) is 0 Å². The molecule has 2 N–H and O–H groups in total. The van der Waals surface area contributed by atoms with Crippen molar-refractivity contribution in [3.63, 3.8) is 0 Å². The van der Waals surface area contributed by atoms with E-state index in [9.17, 15) is 0 Å². The molecule has 0 atom stereocenters. The third kappa shape index (κ3) is 3.74. The average Bonchev–Trinajstić information content (AvgIpc) is 2.82. The number of rotatable bonds is 7. The first-order valence-electron chi connectivity index (χ1n) is 7.32. The van der Waals surface area contributed by atoms with Crippen molar-refractivity contribution in [2.75, 3.05) is 18.4 Å². The quantitative estimate of drug-likeness (QED) is 0.719. The van der Waals surface area contributed by atoms with Gasteiger partial charge in [0.15, 0.2) is 0 Å². The van der Waals surface area contributed by atoms with Gasteiger partial charge >= 0.3 is 0 Å². The van der Waals surface area contributed by atoms with Crippen LogP contribution in [0.5, 0.6) is 0 Å². The summed E-state index contributed by atoms with van der Waals surface area (Å²) in [4.78, 5) is 0. The fraction of sp³-hybridized carbons (Fsp3) is 0.625. The van der Waals surface area contributed by atoms with E-state index in [4.69, 9.17) is 0 Å². The standard InChI is InChI=1S/C16H26N2/c1-13(2)6-3-4-10-17-12-15-8-5-7-14-9-11-18-16(14)15/h5,7-8,13,17-18H,3-4,6,9-12H2,1-2H3. The second-order valence-corrected chi connectivity index (χ2v) is 5.69. The highest BCUT2D eigenvalue weighted by Crippen LogP contribution is 2.26. The van der Waals surface area contributed by atoms with Crippen molar-refractivity contribution in [3.8, 4) is 0 Å². The smallest absolute Gasteiger partial charge is 0.0419 e. The van der Waals surface area contributed by atoms with E-state index in [2.05, 4.69) is 42.7 Å². The Morgan fingerprint density at radius 3 is 3.00 bits per heavy atom. The van der Waals surface area contributed by atoms with Crippen LogP contribution in [0.3, 0.4) is 0 Å². The molecule has 1 aromatic carbocycles. The second-order valence-electron chi connectivity index (χ2n) is 5.69.